The maximum atomic E-state index is 12.2. The topological polar surface area (TPSA) is 221 Å². The molecule has 0 spiro atoms. The lowest BCUT2D eigenvalue weighted by molar-refractivity contribution is -0.164. The monoisotopic (exact) mass is 894 g/mol. The molecule has 342 valence electrons. The number of hydrogen-bond acceptors (Lipinski definition) is 14. The summed E-state index contributed by atoms with van der Waals surface area (Å²) in [5, 5.41) is 13.7. The highest BCUT2D eigenvalue weighted by molar-refractivity contribution is 5.90. The summed E-state index contributed by atoms with van der Waals surface area (Å²) in [4.78, 5) is 69.3. The molecule has 3 N–H and O–H groups in total. The zero-order valence-electron chi connectivity index (χ0n) is 35.7. The van der Waals surface area contributed by atoms with Crippen LogP contribution in [0.25, 0.3) is 11.1 Å². The molecule has 1 aliphatic rings. The molecule has 2 amide bonds. The second kappa shape index (κ2) is 24.4. The van der Waals surface area contributed by atoms with Crippen molar-refractivity contribution in [3.05, 3.63) is 145 Å². The Labute approximate surface area is 375 Å². The molecular formula is C48H50N2O15. The van der Waals surface area contributed by atoms with Gasteiger partial charge in [0, 0.05) is 19.1 Å². The van der Waals surface area contributed by atoms with Crippen molar-refractivity contribution in [1.29, 1.82) is 0 Å². The lowest BCUT2D eigenvalue weighted by atomic mass is 9.68. The summed E-state index contributed by atoms with van der Waals surface area (Å²) >= 11 is 0. The van der Waals surface area contributed by atoms with Gasteiger partial charge in [0.1, 0.15) is 44.3 Å². The highest BCUT2D eigenvalue weighted by Crippen LogP contribution is 2.56. The summed E-state index contributed by atoms with van der Waals surface area (Å²) in [7, 11) is 0. The van der Waals surface area contributed by atoms with E-state index in [-0.39, 0.29) is 65.4 Å². The molecule has 17 heteroatoms. The van der Waals surface area contributed by atoms with Crippen LogP contribution in [0, 0.1) is 0 Å². The van der Waals surface area contributed by atoms with Gasteiger partial charge in [-0.05, 0) is 57.6 Å². The largest absolute Gasteiger partial charge is 0.491 e. The smallest absolute Gasteiger partial charge is 0.409 e. The number of benzene rings is 4. The number of esters is 3. The number of ether oxygens (including phenoxy) is 8. The summed E-state index contributed by atoms with van der Waals surface area (Å²) in [6.45, 7) is 7.42. The number of alkyl carbamates (subject to hydrolysis) is 1. The van der Waals surface area contributed by atoms with E-state index < -0.39 is 54.0 Å². The summed E-state index contributed by atoms with van der Waals surface area (Å²) in [5.41, 5.74) is 5.68. The van der Waals surface area contributed by atoms with Crippen molar-refractivity contribution in [3.8, 4) is 22.6 Å². The minimum Gasteiger partial charge on any atom is -0.491 e. The second-order valence-electron chi connectivity index (χ2n) is 14.2. The summed E-state index contributed by atoms with van der Waals surface area (Å²) in [6.07, 6.45) is -1.73. The van der Waals surface area contributed by atoms with Gasteiger partial charge >= 0.3 is 30.0 Å². The molecule has 0 saturated heterocycles. The summed E-state index contributed by atoms with van der Waals surface area (Å²) < 4.78 is 43.7. The first-order chi connectivity index (χ1) is 31.4. The van der Waals surface area contributed by atoms with Crippen molar-refractivity contribution in [2.45, 2.75) is 31.0 Å². The first kappa shape index (κ1) is 48.5. The van der Waals surface area contributed by atoms with Crippen LogP contribution in [0.15, 0.2) is 122 Å². The van der Waals surface area contributed by atoms with Crippen molar-refractivity contribution in [2.75, 3.05) is 59.5 Å². The van der Waals surface area contributed by atoms with Gasteiger partial charge in [-0.15, -0.1) is 0 Å². The van der Waals surface area contributed by atoms with Crippen LogP contribution in [0.1, 0.15) is 35.6 Å². The van der Waals surface area contributed by atoms with Crippen LogP contribution in [0.4, 0.5) is 4.79 Å². The molecule has 65 heavy (non-hydrogen) atoms. The van der Waals surface area contributed by atoms with Crippen LogP contribution >= 0.6 is 0 Å². The molecule has 5 rings (SSSR count). The average molecular weight is 895 g/mol. The number of aliphatic carboxylic acids is 1. The van der Waals surface area contributed by atoms with E-state index in [0.717, 1.165) is 45.5 Å². The van der Waals surface area contributed by atoms with E-state index in [1.165, 1.54) is 6.92 Å². The number of carbonyl (C=O) groups is 6. The standard InChI is InChI=1S/C48H50N2O15/c1-4-44(54)62-29-37(64-46(56)26-43(52)53)27-58-22-24-60-35-18-14-33(15-19-35)48(41-12-8-6-10-39(41)40-11-7-9-13-42(40)48)34-16-20-36(21-17-34)61-25-23-59-28-38(30-63-45(55)5-2)65-47(57)50-31-49-32(3)51/h4-21,37-38H,1-2,22-31H2,3H3,(H,49,51)(H,50,57)(H,52,53). The maximum absolute atomic E-state index is 12.2. The fourth-order valence-corrected chi connectivity index (χ4v) is 6.98. The molecule has 0 radical (unpaired) electrons. The van der Waals surface area contributed by atoms with E-state index in [4.69, 9.17) is 43.0 Å². The van der Waals surface area contributed by atoms with Gasteiger partial charge in [0.2, 0.25) is 5.91 Å². The van der Waals surface area contributed by atoms with E-state index in [9.17, 15) is 28.8 Å². The van der Waals surface area contributed by atoms with Crippen molar-refractivity contribution < 1.29 is 71.8 Å². The minimum absolute atomic E-state index is 0.0817. The van der Waals surface area contributed by atoms with Gasteiger partial charge < -0.3 is 53.6 Å². The molecule has 17 nitrogen and oxygen atoms in total. The van der Waals surface area contributed by atoms with Crippen LogP contribution < -0.4 is 20.1 Å². The first-order valence-electron chi connectivity index (χ1n) is 20.4. The van der Waals surface area contributed by atoms with Gasteiger partial charge in [-0.25, -0.2) is 14.4 Å². The first-order valence-corrected chi connectivity index (χ1v) is 20.4. The van der Waals surface area contributed by atoms with Gasteiger partial charge in [0.05, 0.1) is 38.5 Å². The predicted octanol–water partition coefficient (Wildman–Crippen LogP) is 4.87. The SMILES string of the molecule is C=CC(=O)OCC(COCCOc1ccc(C2(c3ccc(OCCOCC(COC(=O)C=C)OC(=O)NCNC(C)=O)cc3)c3ccccc3-c3ccccc32)cc1)OC(=O)CC(=O)O. The number of carbonyl (C=O) groups excluding carboxylic acids is 5. The van der Waals surface area contributed by atoms with Crippen LogP contribution in [-0.4, -0.2) is 113 Å². The van der Waals surface area contributed by atoms with Crippen molar-refractivity contribution >= 4 is 35.9 Å². The fraction of sp³-hybridized carbons (Fsp3) is 0.292. The predicted molar refractivity (Wildman–Crippen MR) is 233 cm³/mol. The normalized spacial score (nSPS) is 12.8. The molecule has 0 fully saturated rings. The Morgan fingerprint density at radius 2 is 1.08 bits per heavy atom. The minimum atomic E-state index is -1.36. The lowest BCUT2D eigenvalue weighted by Crippen LogP contribution is -2.40. The third kappa shape index (κ3) is 13.7. The number of carboxylic acids is 1. The van der Waals surface area contributed by atoms with Gasteiger partial charge in [-0.3, -0.25) is 14.4 Å². The van der Waals surface area contributed by atoms with Gasteiger partial charge in [-0.1, -0.05) is 86.0 Å². The summed E-state index contributed by atoms with van der Waals surface area (Å²) in [5.74, 6) is -2.96. The Hall–Kier alpha value is -7.50. The quantitative estimate of drug-likeness (QED) is 0.0168. The van der Waals surface area contributed by atoms with Crippen LogP contribution in [0.5, 0.6) is 11.5 Å². The van der Waals surface area contributed by atoms with Crippen molar-refractivity contribution in [2.24, 2.45) is 0 Å². The average Bonchev–Trinajstić information content (AvgIpc) is 3.60. The number of amides is 2. The molecule has 0 aliphatic heterocycles. The third-order valence-electron chi connectivity index (χ3n) is 9.72. The lowest BCUT2D eigenvalue weighted by Gasteiger charge is -2.34. The van der Waals surface area contributed by atoms with Crippen LogP contribution in [0.3, 0.4) is 0 Å². The Bertz CT molecular complexity index is 2250. The Kier molecular flexibility index (Phi) is 18.2. The summed E-state index contributed by atoms with van der Waals surface area (Å²) in [6, 6.07) is 32.2. The van der Waals surface area contributed by atoms with E-state index in [1.807, 2.05) is 72.8 Å². The molecule has 1 aliphatic carbocycles. The number of rotatable bonds is 26. The zero-order valence-corrected chi connectivity index (χ0v) is 35.7. The van der Waals surface area contributed by atoms with Crippen molar-refractivity contribution in [1.82, 2.24) is 10.6 Å². The third-order valence-corrected chi connectivity index (χ3v) is 9.72. The molecule has 4 aromatic carbocycles. The molecule has 0 aromatic heterocycles. The molecule has 2 unspecified atom stereocenters. The van der Waals surface area contributed by atoms with E-state index >= 15 is 0 Å². The second-order valence-corrected chi connectivity index (χ2v) is 14.2. The highest BCUT2D eigenvalue weighted by atomic mass is 16.6. The Morgan fingerprint density at radius 3 is 1.52 bits per heavy atom. The molecule has 0 saturated carbocycles. The number of nitrogens with one attached hydrogen (secondary N) is 2. The van der Waals surface area contributed by atoms with Gasteiger partial charge in [0.15, 0.2) is 12.2 Å². The van der Waals surface area contributed by atoms with Gasteiger partial charge in [0.25, 0.3) is 0 Å². The zero-order chi connectivity index (χ0) is 46.6. The van der Waals surface area contributed by atoms with Crippen LogP contribution in [-0.2, 0) is 57.8 Å². The maximum Gasteiger partial charge on any atom is 0.409 e. The molecule has 0 heterocycles. The Morgan fingerprint density at radius 1 is 0.615 bits per heavy atom. The molecule has 4 aromatic rings. The molecule has 0 bridgehead atoms. The van der Waals surface area contributed by atoms with E-state index in [2.05, 4.69) is 48.1 Å². The van der Waals surface area contributed by atoms with Crippen molar-refractivity contribution in [3.63, 3.8) is 0 Å². The highest BCUT2D eigenvalue weighted by Gasteiger charge is 2.45. The number of fused-ring (bicyclic) bond motifs is 3. The number of hydrogen-bond donors (Lipinski definition) is 3. The molecule has 2 atom stereocenters. The van der Waals surface area contributed by atoms with E-state index in [0.29, 0.717) is 11.5 Å². The number of carboxylic acid groups (broad SMARTS) is 1. The fourth-order valence-electron chi connectivity index (χ4n) is 6.98. The van der Waals surface area contributed by atoms with E-state index in [1.54, 1.807) is 0 Å². The Balaban J connectivity index is 1.23. The van der Waals surface area contributed by atoms with Crippen LogP contribution in [0.2, 0.25) is 0 Å². The molecular weight excluding hydrogens is 845 g/mol. The van der Waals surface area contributed by atoms with Gasteiger partial charge in [-0.2, -0.15) is 0 Å².